The average molecular weight is 290 g/mol. The highest BCUT2D eigenvalue weighted by Gasteiger charge is 2.15. The zero-order valence-corrected chi connectivity index (χ0v) is 10.8. The van der Waals surface area contributed by atoms with Crippen molar-refractivity contribution in [3.8, 4) is 11.5 Å². The third-order valence-corrected chi connectivity index (χ3v) is 2.67. The van der Waals surface area contributed by atoms with E-state index in [1.165, 1.54) is 12.1 Å². The van der Waals surface area contributed by atoms with Crippen LogP contribution in [-0.2, 0) is 0 Å². The van der Waals surface area contributed by atoms with Gasteiger partial charge in [-0.25, -0.2) is 0 Å². The molecule has 0 radical (unpaired) electrons. The van der Waals surface area contributed by atoms with Crippen LogP contribution in [0.25, 0.3) is 11.5 Å². The molecule has 0 aliphatic heterocycles. The zero-order valence-electron chi connectivity index (χ0n) is 10.0. The van der Waals surface area contributed by atoms with Crippen molar-refractivity contribution in [2.45, 2.75) is 0 Å². The van der Waals surface area contributed by atoms with E-state index in [4.69, 9.17) is 20.4 Å². The molecule has 3 rings (SSSR count). The van der Waals surface area contributed by atoms with Crippen molar-refractivity contribution in [3.63, 3.8) is 0 Å². The molecule has 20 heavy (non-hydrogen) atoms. The maximum absolute atomic E-state index is 11.8. The molecule has 0 fully saturated rings. The van der Waals surface area contributed by atoms with Gasteiger partial charge in [-0.05, 0) is 35.9 Å². The van der Waals surface area contributed by atoms with Crippen LogP contribution in [0.15, 0.2) is 51.3 Å². The molecule has 0 spiro atoms. The van der Waals surface area contributed by atoms with Gasteiger partial charge in [0, 0.05) is 5.56 Å². The number of aromatic nitrogens is 2. The Balaban J connectivity index is 1.76. The average Bonchev–Trinajstić information content (AvgIpc) is 3.09. The van der Waals surface area contributed by atoms with Crippen LogP contribution in [0.3, 0.4) is 0 Å². The maximum Gasteiger partial charge on any atom is 0.322 e. The first kappa shape index (κ1) is 12.4. The second-order valence-corrected chi connectivity index (χ2v) is 4.21. The molecule has 1 aromatic carbocycles. The number of amides is 1. The molecule has 7 heteroatoms. The Morgan fingerprint density at radius 2 is 1.85 bits per heavy atom. The van der Waals surface area contributed by atoms with Crippen LogP contribution >= 0.6 is 11.6 Å². The standard InChI is InChI=1S/C13H8ClN3O3/c14-10-7-6-9(19-10)11(18)15-13-17-16-12(20-13)8-4-2-1-3-5-8/h1-7H,(H,15,17,18). The summed E-state index contributed by atoms with van der Waals surface area (Å²) in [5, 5.41) is 10.2. The van der Waals surface area contributed by atoms with E-state index in [1.807, 2.05) is 30.3 Å². The van der Waals surface area contributed by atoms with Gasteiger partial charge in [0.25, 0.3) is 5.91 Å². The van der Waals surface area contributed by atoms with Gasteiger partial charge in [-0.1, -0.05) is 23.3 Å². The lowest BCUT2D eigenvalue weighted by molar-refractivity contribution is 0.0994. The molecule has 0 aliphatic rings. The van der Waals surface area contributed by atoms with E-state index < -0.39 is 5.91 Å². The van der Waals surface area contributed by atoms with E-state index in [0.29, 0.717) is 5.89 Å². The Morgan fingerprint density at radius 3 is 2.55 bits per heavy atom. The molecule has 2 heterocycles. The number of halogens is 1. The Kier molecular flexibility index (Phi) is 3.22. The Hall–Kier alpha value is -2.60. The fourth-order valence-electron chi connectivity index (χ4n) is 1.57. The molecule has 1 N–H and O–H groups in total. The van der Waals surface area contributed by atoms with Gasteiger partial charge in [-0.3, -0.25) is 10.1 Å². The Labute approximate surface area is 118 Å². The van der Waals surface area contributed by atoms with Gasteiger partial charge in [-0.2, -0.15) is 0 Å². The molecule has 3 aromatic rings. The fraction of sp³-hybridized carbons (Fsp3) is 0. The van der Waals surface area contributed by atoms with Crippen molar-refractivity contribution in [1.82, 2.24) is 10.2 Å². The van der Waals surface area contributed by atoms with Crippen molar-refractivity contribution < 1.29 is 13.6 Å². The summed E-state index contributed by atoms with van der Waals surface area (Å²) in [6.07, 6.45) is 0. The third kappa shape index (κ3) is 2.55. The smallest absolute Gasteiger partial charge is 0.322 e. The molecule has 0 bridgehead atoms. The highest BCUT2D eigenvalue weighted by molar-refractivity contribution is 6.29. The van der Waals surface area contributed by atoms with E-state index >= 15 is 0 Å². The number of carbonyl (C=O) groups is 1. The number of nitrogens with one attached hydrogen (secondary N) is 1. The largest absolute Gasteiger partial charge is 0.440 e. The second kappa shape index (κ2) is 5.18. The second-order valence-electron chi connectivity index (χ2n) is 3.84. The Bertz CT molecular complexity index is 736. The highest BCUT2D eigenvalue weighted by Crippen LogP contribution is 2.20. The molecule has 0 saturated heterocycles. The lowest BCUT2D eigenvalue weighted by Gasteiger charge is -1.96. The molecule has 1 amide bonds. The molecule has 6 nitrogen and oxygen atoms in total. The van der Waals surface area contributed by atoms with Crippen LogP contribution in [0, 0.1) is 0 Å². The number of furan rings is 1. The van der Waals surface area contributed by atoms with E-state index in [1.54, 1.807) is 0 Å². The molecule has 0 atom stereocenters. The predicted octanol–water partition coefficient (Wildman–Crippen LogP) is 3.24. The van der Waals surface area contributed by atoms with Crippen LogP contribution in [-0.4, -0.2) is 16.1 Å². The minimum absolute atomic E-state index is 0.0126. The number of nitrogens with zero attached hydrogens (tertiary/aromatic N) is 2. The number of anilines is 1. The van der Waals surface area contributed by atoms with Gasteiger partial charge in [0.2, 0.25) is 5.89 Å². The van der Waals surface area contributed by atoms with Gasteiger partial charge in [0.05, 0.1) is 0 Å². The first-order valence-electron chi connectivity index (χ1n) is 5.68. The van der Waals surface area contributed by atoms with Gasteiger partial charge < -0.3 is 8.83 Å². The summed E-state index contributed by atoms with van der Waals surface area (Å²) in [6.45, 7) is 0. The zero-order chi connectivity index (χ0) is 13.9. The number of hydrogen-bond donors (Lipinski definition) is 1. The first-order chi connectivity index (χ1) is 9.72. The topological polar surface area (TPSA) is 81.2 Å². The van der Waals surface area contributed by atoms with Crippen molar-refractivity contribution in [2.24, 2.45) is 0 Å². The summed E-state index contributed by atoms with van der Waals surface area (Å²) in [5.41, 5.74) is 0.765. The van der Waals surface area contributed by atoms with Crippen LogP contribution < -0.4 is 5.32 Å². The van der Waals surface area contributed by atoms with Crippen molar-refractivity contribution >= 4 is 23.5 Å². The molecular weight excluding hydrogens is 282 g/mol. The normalized spacial score (nSPS) is 10.4. The van der Waals surface area contributed by atoms with E-state index in [0.717, 1.165) is 5.56 Å². The summed E-state index contributed by atoms with van der Waals surface area (Å²) in [6, 6.07) is 12.1. The van der Waals surface area contributed by atoms with Crippen LogP contribution in [0.2, 0.25) is 5.22 Å². The van der Waals surface area contributed by atoms with Gasteiger partial charge in [0.1, 0.15) is 0 Å². The molecule has 0 aliphatic carbocycles. The lowest BCUT2D eigenvalue weighted by atomic mass is 10.2. The Morgan fingerprint density at radius 1 is 1.05 bits per heavy atom. The quantitative estimate of drug-likeness (QED) is 0.800. The van der Waals surface area contributed by atoms with Crippen molar-refractivity contribution in [1.29, 1.82) is 0 Å². The molecule has 0 unspecified atom stereocenters. The molecule has 2 aromatic heterocycles. The predicted molar refractivity (Wildman–Crippen MR) is 71.4 cm³/mol. The summed E-state index contributed by atoms with van der Waals surface area (Å²) in [4.78, 5) is 11.8. The minimum Gasteiger partial charge on any atom is -0.440 e. The SMILES string of the molecule is O=C(Nc1nnc(-c2ccccc2)o1)c1ccc(Cl)o1. The van der Waals surface area contributed by atoms with Gasteiger partial charge >= 0.3 is 6.01 Å². The minimum atomic E-state index is -0.514. The monoisotopic (exact) mass is 289 g/mol. The summed E-state index contributed by atoms with van der Waals surface area (Å²) in [7, 11) is 0. The lowest BCUT2D eigenvalue weighted by Crippen LogP contribution is -2.10. The third-order valence-electron chi connectivity index (χ3n) is 2.46. The van der Waals surface area contributed by atoms with Crippen molar-refractivity contribution in [2.75, 3.05) is 5.32 Å². The number of rotatable bonds is 3. The van der Waals surface area contributed by atoms with Gasteiger partial charge in [-0.15, -0.1) is 5.10 Å². The molecule has 100 valence electrons. The summed E-state index contributed by atoms with van der Waals surface area (Å²) in [5.74, 6) is -0.131. The van der Waals surface area contributed by atoms with Crippen LogP contribution in [0.1, 0.15) is 10.6 Å². The summed E-state index contributed by atoms with van der Waals surface area (Å²) >= 11 is 5.59. The van der Waals surface area contributed by atoms with E-state index in [2.05, 4.69) is 15.5 Å². The summed E-state index contributed by atoms with van der Waals surface area (Å²) < 4.78 is 10.3. The molecular formula is C13H8ClN3O3. The maximum atomic E-state index is 11.8. The molecule has 0 saturated carbocycles. The first-order valence-corrected chi connectivity index (χ1v) is 6.06. The number of hydrogen-bond acceptors (Lipinski definition) is 5. The fourth-order valence-corrected chi connectivity index (χ4v) is 1.71. The van der Waals surface area contributed by atoms with Crippen LogP contribution in [0.4, 0.5) is 6.01 Å². The van der Waals surface area contributed by atoms with E-state index in [-0.39, 0.29) is 17.0 Å². The number of benzene rings is 1. The van der Waals surface area contributed by atoms with Crippen molar-refractivity contribution in [3.05, 3.63) is 53.4 Å². The highest BCUT2D eigenvalue weighted by atomic mass is 35.5. The number of carbonyl (C=O) groups excluding carboxylic acids is 1. The van der Waals surface area contributed by atoms with E-state index in [9.17, 15) is 4.79 Å². The van der Waals surface area contributed by atoms with Gasteiger partial charge in [0.15, 0.2) is 11.0 Å². The van der Waals surface area contributed by atoms with Crippen LogP contribution in [0.5, 0.6) is 0 Å².